The summed E-state index contributed by atoms with van der Waals surface area (Å²) < 4.78 is 2.13. The summed E-state index contributed by atoms with van der Waals surface area (Å²) in [5, 5.41) is 2.97. The van der Waals surface area contributed by atoms with Crippen LogP contribution in [0, 0.1) is 0 Å². The van der Waals surface area contributed by atoms with Crippen LogP contribution in [-0.2, 0) is 6.54 Å². The third-order valence-electron chi connectivity index (χ3n) is 5.55. The molecule has 0 atom stereocenters. The van der Waals surface area contributed by atoms with Gasteiger partial charge in [-0.3, -0.25) is 9.47 Å². The summed E-state index contributed by atoms with van der Waals surface area (Å²) in [5.74, 6) is 0.960. The van der Waals surface area contributed by atoms with E-state index in [9.17, 15) is 4.79 Å². The summed E-state index contributed by atoms with van der Waals surface area (Å²) in [6, 6.07) is 23.6. The van der Waals surface area contributed by atoms with E-state index in [-0.39, 0.29) is 6.03 Å². The standard InChI is InChI=1S/C24H24N6O/c31-24(26-19-8-3-1-4-9-19)29-16-14-28(15-17-29)18-22-27-21-12-7-13-25-23(21)30(22)20-10-5-2-6-11-20/h1-13H,14-18H2,(H,26,31). The number of nitrogens with one attached hydrogen (secondary N) is 1. The number of urea groups is 1. The Balaban J connectivity index is 1.29. The van der Waals surface area contributed by atoms with Gasteiger partial charge in [0, 0.05) is 43.8 Å². The smallest absolute Gasteiger partial charge is 0.321 e. The van der Waals surface area contributed by atoms with Crippen molar-refractivity contribution in [3.63, 3.8) is 0 Å². The molecule has 156 valence electrons. The average molecular weight is 412 g/mol. The van der Waals surface area contributed by atoms with Crippen molar-refractivity contribution in [1.29, 1.82) is 0 Å². The van der Waals surface area contributed by atoms with E-state index in [0.717, 1.165) is 41.5 Å². The maximum atomic E-state index is 12.6. The van der Waals surface area contributed by atoms with E-state index in [2.05, 4.69) is 31.9 Å². The number of fused-ring (bicyclic) bond motifs is 1. The average Bonchev–Trinajstić information content (AvgIpc) is 3.18. The summed E-state index contributed by atoms with van der Waals surface area (Å²) in [6.07, 6.45) is 1.80. The Bertz CT molecular complexity index is 1170. The van der Waals surface area contributed by atoms with Gasteiger partial charge in [0.25, 0.3) is 0 Å². The Morgan fingerprint density at radius 3 is 2.32 bits per heavy atom. The molecule has 0 aliphatic carbocycles. The molecule has 0 unspecified atom stereocenters. The molecule has 1 N–H and O–H groups in total. The van der Waals surface area contributed by atoms with Gasteiger partial charge >= 0.3 is 6.03 Å². The lowest BCUT2D eigenvalue weighted by Gasteiger charge is -2.34. The first kappa shape index (κ1) is 19.3. The molecule has 0 saturated carbocycles. The zero-order valence-electron chi connectivity index (χ0n) is 17.2. The van der Waals surface area contributed by atoms with Crippen molar-refractivity contribution >= 4 is 22.9 Å². The molecule has 2 aromatic carbocycles. The first-order chi connectivity index (χ1) is 15.3. The van der Waals surface area contributed by atoms with Crippen molar-refractivity contribution < 1.29 is 4.79 Å². The van der Waals surface area contributed by atoms with Crippen molar-refractivity contribution in [2.45, 2.75) is 6.54 Å². The van der Waals surface area contributed by atoms with E-state index < -0.39 is 0 Å². The molecule has 0 spiro atoms. The van der Waals surface area contributed by atoms with Crippen molar-refractivity contribution in [3.05, 3.63) is 84.8 Å². The number of piperazine rings is 1. The van der Waals surface area contributed by atoms with E-state index in [1.807, 2.05) is 65.6 Å². The molecular formula is C24H24N6O. The summed E-state index contributed by atoms with van der Waals surface area (Å²) >= 11 is 0. The van der Waals surface area contributed by atoms with Gasteiger partial charge in [-0.2, -0.15) is 0 Å². The molecule has 1 fully saturated rings. The minimum absolute atomic E-state index is 0.0495. The lowest BCUT2D eigenvalue weighted by Crippen LogP contribution is -2.49. The van der Waals surface area contributed by atoms with Gasteiger partial charge in [0.15, 0.2) is 5.65 Å². The van der Waals surface area contributed by atoms with Crippen molar-refractivity contribution in [1.82, 2.24) is 24.3 Å². The molecule has 2 amide bonds. The zero-order valence-corrected chi connectivity index (χ0v) is 17.2. The number of anilines is 1. The fourth-order valence-electron chi connectivity index (χ4n) is 3.95. The molecular weight excluding hydrogens is 388 g/mol. The molecule has 31 heavy (non-hydrogen) atoms. The SMILES string of the molecule is O=C(Nc1ccccc1)N1CCN(Cc2nc3cccnc3n2-c2ccccc2)CC1. The number of imidazole rings is 1. The fraction of sp³-hybridized carbons (Fsp3) is 0.208. The molecule has 3 heterocycles. The van der Waals surface area contributed by atoms with Gasteiger partial charge < -0.3 is 10.2 Å². The highest BCUT2D eigenvalue weighted by molar-refractivity contribution is 5.89. The monoisotopic (exact) mass is 412 g/mol. The highest BCUT2D eigenvalue weighted by atomic mass is 16.2. The predicted octanol–water partition coefficient (Wildman–Crippen LogP) is 3.77. The van der Waals surface area contributed by atoms with Crippen LogP contribution < -0.4 is 5.32 Å². The number of carbonyl (C=O) groups excluding carboxylic acids is 1. The normalized spacial score (nSPS) is 14.6. The molecule has 5 rings (SSSR count). The number of para-hydroxylation sites is 2. The highest BCUT2D eigenvalue weighted by Crippen LogP contribution is 2.21. The zero-order chi connectivity index (χ0) is 21.0. The summed E-state index contributed by atoms with van der Waals surface area (Å²) in [6.45, 7) is 3.67. The van der Waals surface area contributed by atoms with Crippen LogP contribution in [0.15, 0.2) is 79.0 Å². The Hall–Kier alpha value is -3.71. The van der Waals surface area contributed by atoms with Gasteiger partial charge in [-0.25, -0.2) is 14.8 Å². The Kier molecular flexibility index (Phi) is 5.33. The Labute approximate surface area is 181 Å². The number of aromatic nitrogens is 3. The molecule has 7 heteroatoms. The molecule has 1 aliphatic heterocycles. The number of pyridine rings is 1. The first-order valence-corrected chi connectivity index (χ1v) is 10.5. The van der Waals surface area contributed by atoms with Crippen LogP contribution >= 0.6 is 0 Å². The molecule has 0 radical (unpaired) electrons. The summed E-state index contributed by atoms with van der Waals surface area (Å²) in [5.41, 5.74) is 3.63. The lowest BCUT2D eigenvalue weighted by atomic mass is 10.3. The third-order valence-corrected chi connectivity index (χ3v) is 5.55. The van der Waals surface area contributed by atoms with Crippen LogP contribution in [-0.4, -0.2) is 56.5 Å². The van der Waals surface area contributed by atoms with Crippen LogP contribution in [0.3, 0.4) is 0 Å². The topological polar surface area (TPSA) is 66.3 Å². The second-order valence-corrected chi connectivity index (χ2v) is 7.60. The number of nitrogens with zero attached hydrogens (tertiary/aromatic N) is 5. The number of benzene rings is 2. The summed E-state index contributed by atoms with van der Waals surface area (Å²) in [4.78, 5) is 26.2. The summed E-state index contributed by atoms with van der Waals surface area (Å²) in [7, 11) is 0. The molecule has 1 saturated heterocycles. The number of hydrogen-bond acceptors (Lipinski definition) is 4. The molecule has 1 aliphatic rings. The minimum atomic E-state index is -0.0495. The van der Waals surface area contributed by atoms with Crippen LogP contribution in [0.5, 0.6) is 0 Å². The maximum Gasteiger partial charge on any atom is 0.321 e. The van der Waals surface area contributed by atoms with E-state index in [1.54, 1.807) is 6.20 Å². The minimum Gasteiger partial charge on any atom is -0.322 e. The lowest BCUT2D eigenvalue weighted by molar-refractivity contribution is 0.140. The second kappa shape index (κ2) is 8.57. The number of amides is 2. The Morgan fingerprint density at radius 2 is 1.58 bits per heavy atom. The van der Waals surface area contributed by atoms with E-state index in [4.69, 9.17) is 4.98 Å². The number of carbonyl (C=O) groups is 1. The van der Waals surface area contributed by atoms with Gasteiger partial charge in [-0.1, -0.05) is 36.4 Å². The van der Waals surface area contributed by atoms with Gasteiger partial charge in [0.1, 0.15) is 11.3 Å². The maximum absolute atomic E-state index is 12.6. The number of hydrogen-bond donors (Lipinski definition) is 1. The molecule has 7 nitrogen and oxygen atoms in total. The molecule has 2 aromatic heterocycles. The van der Waals surface area contributed by atoms with E-state index in [0.29, 0.717) is 19.6 Å². The van der Waals surface area contributed by atoms with Crippen LogP contribution in [0.4, 0.5) is 10.5 Å². The van der Waals surface area contributed by atoms with E-state index >= 15 is 0 Å². The second-order valence-electron chi connectivity index (χ2n) is 7.60. The molecule has 0 bridgehead atoms. The van der Waals surface area contributed by atoms with E-state index in [1.165, 1.54) is 0 Å². The van der Waals surface area contributed by atoms with Crippen molar-refractivity contribution in [3.8, 4) is 5.69 Å². The molecule has 4 aromatic rings. The largest absolute Gasteiger partial charge is 0.322 e. The van der Waals surface area contributed by atoms with Crippen molar-refractivity contribution in [2.24, 2.45) is 0 Å². The van der Waals surface area contributed by atoms with Gasteiger partial charge in [0.2, 0.25) is 0 Å². The third kappa shape index (κ3) is 4.13. The van der Waals surface area contributed by atoms with Crippen molar-refractivity contribution in [2.75, 3.05) is 31.5 Å². The van der Waals surface area contributed by atoms with Crippen LogP contribution in [0.2, 0.25) is 0 Å². The Morgan fingerprint density at radius 1 is 0.871 bits per heavy atom. The van der Waals surface area contributed by atoms with Crippen LogP contribution in [0.1, 0.15) is 5.82 Å². The quantitative estimate of drug-likeness (QED) is 0.554. The van der Waals surface area contributed by atoms with Gasteiger partial charge in [-0.05, 0) is 36.4 Å². The predicted molar refractivity (Wildman–Crippen MR) is 121 cm³/mol. The first-order valence-electron chi connectivity index (χ1n) is 10.5. The highest BCUT2D eigenvalue weighted by Gasteiger charge is 2.23. The van der Waals surface area contributed by atoms with Gasteiger partial charge in [0.05, 0.1) is 6.54 Å². The fourth-order valence-corrected chi connectivity index (χ4v) is 3.95. The van der Waals surface area contributed by atoms with Crippen LogP contribution in [0.25, 0.3) is 16.9 Å². The number of rotatable bonds is 4. The van der Waals surface area contributed by atoms with Gasteiger partial charge in [-0.15, -0.1) is 0 Å².